The molecule has 5 nitrogen and oxygen atoms in total. The zero-order valence-electron chi connectivity index (χ0n) is 10.8. The van der Waals surface area contributed by atoms with Crippen LogP contribution in [0, 0.1) is 10.2 Å². The van der Waals surface area contributed by atoms with Crippen molar-refractivity contribution in [1.29, 1.82) is 0 Å². The summed E-state index contributed by atoms with van der Waals surface area (Å²) >= 11 is 17.1. The van der Waals surface area contributed by atoms with Crippen molar-refractivity contribution >= 4 is 41.3 Å². The standard InChI is InChI=1S/C11H16Cl2N4OS/c1-3-7-15-16-9(19)17(7)5-4-14-8(18)10(2)6-11(10,12)13/h3-6H2,1-2H3,(H,14,18)(H,16,19)/t10-/m1/s1. The van der Waals surface area contributed by atoms with Gasteiger partial charge in [0.1, 0.15) is 10.2 Å². The minimum Gasteiger partial charge on any atom is -0.354 e. The fraction of sp³-hybridized carbons (Fsp3) is 0.727. The number of nitrogens with zero attached hydrogens (tertiary/aromatic N) is 2. The number of alkyl halides is 2. The van der Waals surface area contributed by atoms with Gasteiger partial charge in [0.25, 0.3) is 0 Å². The summed E-state index contributed by atoms with van der Waals surface area (Å²) in [6.07, 6.45) is 1.27. The number of nitrogens with one attached hydrogen (secondary N) is 2. The average molecular weight is 323 g/mol. The monoisotopic (exact) mass is 322 g/mol. The van der Waals surface area contributed by atoms with Gasteiger partial charge in [-0.2, -0.15) is 5.10 Å². The highest BCUT2D eigenvalue weighted by atomic mass is 35.5. The normalized spacial score (nSPS) is 24.2. The Balaban J connectivity index is 1.89. The van der Waals surface area contributed by atoms with Crippen LogP contribution in [0.4, 0.5) is 0 Å². The highest BCUT2D eigenvalue weighted by Gasteiger charge is 2.67. The van der Waals surface area contributed by atoms with Crippen LogP contribution in [0.3, 0.4) is 0 Å². The van der Waals surface area contributed by atoms with E-state index in [4.69, 9.17) is 35.4 Å². The molecule has 0 aliphatic heterocycles. The van der Waals surface area contributed by atoms with E-state index in [1.165, 1.54) is 0 Å². The predicted molar refractivity (Wildman–Crippen MR) is 77.0 cm³/mol. The zero-order chi connectivity index (χ0) is 14.3. The molecule has 1 aliphatic carbocycles. The molecule has 8 heteroatoms. The number of aromatic nitrogens is 3. The molecule has 1 aromatic heterocycles. The molecule has 0 spiro atoms. The minimum absolute atomic E-state index is 0.120. The molecule has 0 radical (unpaired) electrons. The summed E-state index contributed by atoms with van der Waals surface area (Å²) < 4.78 is 1.50. The Kier molecular flexibility index (Phi) is 3.95. The van der Waals surface area contributed by atoms with Crippen LogP contribution < -0.4 is 5.32 Å². The number of amides is 1. The van der Waals surface area contributed by atoms with Gasteiger partial charge in [-0.25, -0.2) is 0 Å². The van der Waals surface area contributed by atoms with Gasteiger partial charge in [-0.1, -0.05) is 6.92 Å². The third-order valence-electron chi connectivity index (χ3n) is 3.53. The lowest BCUT2D eigenvalue weighted by Gasteiger charge is -2.13. The lowest BCUT2D eigenvalue weighted by Crippen LogP contribution is -2.35. The van der Waals surface area contributed by atoms with Crippen LogP contribution in [0.25, 0.3) is 0 Å². The largest absolute Gasteiger partial charge is 0.354 e. The fourth-order valence-electron chi connectivity index (χ4n) is 1.97. The molecule has 0 saturated heterocycles. The lowest BCUT2D eigenvalue weighted by molar-refractivity contribution is -0.125. The summed E-state index contributed by atoms with van der Waals surface area (Å²) in [4.78, 5) is 12.0. The van der Waals surface area contributed by atoms with Gasteiger partial charge < -0.3 is 9.88 Å². The Bertz CT molecular complexity index is 553. The van der Waals surface area contributed by atoms with Crippen LogP contribution in [-0.2, 0) is 17.8 Å². The topological polar surface area (TPSA) is 62.7 Å². The Labute approximate surface area is 126 Å². The van der Waals surface area contributed by atoms with Crippen LogP contribution in [0.1, 0.15) is 26.1 Å². The van der Waals surface area contributed by atoms with Crippen molar-refractivity contribution < 1.29 is 4.79 Å². The number of carbonyl (C=O) groups excluding carboxylic acids is 1. The van der Waals surface area contributed by atoms with Crippen molar-refractivity contribution in [3.63, 3.8) is 0 Å². The molecule has 2 N–H and O–H groups in total. The number of aromatic amines is 1. The number of carbonyl (C=O) groups is 1. The summed E-state index contributed by atoms with van der Waals surface area (Å²) in [6, 6.07) is 0. The van der Waals surface area contributed by atoms with Crippen LogP contribution in [-0.4, -0.2) is 31.5 Å². The van der Waals surface area contributed by atoms with E-state index in [-0.39, 0.29) is 5.91 Å². The molecule has 1 aromatic rings. The number of rotatable bonds is 5. The zero-order valence-corrected chi connectivity index (χ0v) is 13.1. The van der Waals surface area contributed by atoms with E-state index in [9.17, 15) is 4.79 Å². The van der Waals surface area contributed by atoms with Gasteiger partial charge in [-0.3, -0.25) is 9.89 Å². The third kappa shape index (κ3) is 2.66. The van der Waals surface area contributed by atoms with Crippen molar-refractivity contribution in [2.45, 2.75) is 37.6 Å². The molecule has 19 heavy (non-hydrogen) atoms. The average Bonchev–Trinajstić information content (AvgIpc) is 2.68. The fourth-order valence-corrected chi connectivity index (χ4v) is 2.92. The first-order valence-electron chi connectivity index (χ1n) is 6.12. The quantitative estimate of drug-likeness (QED) is 0.645. The van der Waals surface area contributed by atoms with Crippen LogP contribution in [0.5, 0.6) is 0 Å². The number of hydrogen-bond acceptors (Lipinski definition) is 3. The molecule has 0 unspecified atom stereocenters. The summed E-state index contributed by atoms with van der Waals surface area (Å²) in [5, 5.41) is 9.69. The first-order valence-corrected chi connectivity index (χ1v) is 7.28. The van der Waals surface area contributed by atoms with E-state index in [1.807, 2.05) is 11.5 Å². The van der Waals surface area contributed by atoms with E-state index in [0.717, 1.165) is 12.2 Å². The van der Waals surface area contributed by atoms with E-state index < -0.39 is 9.75 Å². The van der Waals surface area contributed by atoms with Crippen molar-refractivity contribution in [1.82, 2.24) is 20.1 Å². The summed E-state index contributed by atoms with van der Waals surface area (Å²) in [5.41, 5.74) is -0.679. The lowest BCUT2D eigenvalue weighted by atomic mass is 10.1. The first-order chi connectivity index (χ1) is 8.82. The Morgan fingerprint density at radius 3 is 2.79 bits per heavy atom. The number of aryl methyl sites for hydroxylation is 1. The van der Waals surface area contributed by atoms with Crippen LogP contribution in [0.2, 0.25) is 0 Å². The van der Waals surface area contributed by atoms with Crippen molar-refractivity contribution in [2.75, 3.05) is 6.54 Å². The number of hydrogen-bond donors (Lipinski definition) is 2. The van der Waals surface area contributed by atoms with Gasteiger partial charge in [-0.15, -0.1) is 23.2 Å². The molecule has 0 aromatic carbocycles. The highest BCUT2D eigenvalue weighted by molar-refractivity contribution is 7.71. The molecule has 1 heterocycles. The molecular weight excluding hydrogens is 307 g/mol. The van der Waals surface area contributed by atoms with Crippen molar-refractivity contribution in [2.24, 2.45) is 5.41 Å². The van der Waals surface area contributed by atoms with E-state index in [0.29, 0.717) is 24.3 Å². The second kappa shape index (κ2) is 5.07. The summed E-state index contributed by atoms with van der Waals surface area (Å²) in [5.74, 6) is 0.756. The number of halogens is 2. The molecule has 1 fully saturated rings. The smallest absolute Gasteiger partial charge is 0.229 e. The number of H-pyrrole nitrogens is 1. The summed E-state index contributed by atoms with van der Waals surface area (Å²) in [7, 11) is 0. The van der Waals surface area contributed by atoms with Crippen LogP contribution in [0.15, 0.2) is 0 Å². The summed E-state index contributed by atoms with van der Waals surface area (Å²) in [6.45, 7) is 4.82. The maximum atomic E-state index is 12.0. The molecule has 1 amide bonds. The van der Waals surface area contributed by atoms with Crippen molar-refractivity contribution in [3.8, 4) is 0 Å². The SMILES string of the molecule is CCc1n[nH]c(=S)n1CCNC(=O)[C@@]1(C)CC1(Cl)Cl. The maximum Gasteiger partial charge on any atom is 0.229 e. The molecule has 1 atom stereocenters. The molecule has 0 bridgehead atoms. The van der Waals surface area contributed by atoms with E-state index in [1.54, 1.807) is 6.92 Å². The maximum absolute atomic E-state index is 12.0. The van der Waals surface area contributed by atoms with Gasteiger partial charge in [0.05, 0.1) is 5.41 Å². The molecule has 1 saturated carbocycles. The molecule has 1 aliphatic rings. The van der Waals surface area contributed by atoms with E-state index >= 15 is 0 Å². The second-order valence-corrected chi connectivity index (χ2v) is 6.79. The molecule has 2 rings (SSSR count). The second-order valence-electron chi connectivity index (χ2n) is 4.92. The Morgan fingerprint density at radius 1 is 1.63 bits per heavy atom. The van der Waals surface area contributed by atoms with Crippen molar-refractivity contribution in [3.05, 3.63) is 10.6 Å². The van der Waals surface area contributed by atoms with Crippen LogP contribution >= 0.6 is 35.4 Å². The minimum atomic E-state index is -0.933. The van der Waals surface area contributed by atoms with Gasteiger partial charge in [-0.05, 0) is 25.6 Å². The van der Waals surface area contributed by atoms with Gasteiger partial charge in [0, 0.05) is 19.5 Å². The Morgan fingerprint density at radius 2 is 2.26 bits per heavy atom. The van der Waals surface area contributed by atoms with Gasteiger partial charge in [0.2, 0.25) is 5.91 Å². The van der Waals surface area contributed by atoms with E-state index in [2.05, 4.69) is 15.5 Å². The molecular formula is C11H16Cl2N4OS. The highest BCUT2D eigenvalue weighted by Crippen LogP contribution is 2.63. The molecule has 106 valence electrons. The third-order valence-corrected chi connectivity index (χ3v) is 4.95. The predicted octanol–water partition coefficient (Wildman–Crippen LogP) is 2.20. The van der Waals surface area contributed by atoms with Gasteiger partial charge >= 0.3 is 0 Å². The Hall–Kier alpha value is -0.590. The first kappa shape index (κ1) is 14.8. The van der Waals surface area contributed by atoms with Gasteiger partial charge in [0.15, 0.2) is 4.77 Å².